The van der Waals surface area contributed by atoms with Crippen LogP contribution in [0.5, 0.6) is 0 Å². The van der Waals surface area contributed by atoms with E-state index in [1.165, 1.54) is 13.3 Å². The molecule has 3 nitrogen and oxygen atoms in total. The summed E-state index contributed by atoms with van der Waals surface area (Å²) >= 11 is 0. The number of rotatable bonds is 2. The van der Waals surface area contributed by atoms with Crippen molar-refractivity contribution in [2.24, 2.45) is 0 Å². The van der Waals surface area contributed by atoms with E-state index in [4.69, 9.17) is 0 Å². The standard InChI is InChI=1S/C3H7O3P/c1-7(2,5)6-3-4/h3H,1-2H3. The topological polar surface area (TPSA) is 43.4 Å². The molecule has 0 aromatic rings. The number of carbonyl (C=O) groups is 1. The molecule has 0 spiro atoms. The lowest BCUT2D eigenvalue weighted by Gasteiger charge is -1.98. The SMILES string of the molecule is CP(C)(=O)OC=O. The van der Waals surface area contributed by atoms with Gasteiger partial charge in [0.2, 0.25) is 7.37 Å². The molecule has 0 amide bonds. The Hall–Kier alpha value is -0.300. The van der Waals surface area contributed by atoms with Crippen molar-refractivity contribution >= 4 is 13.8 Å². The molecular weight excluding hydrogens is 115 g/mol. The lowest BCUT2D eigenvalue weighted by molar-refractivity contribution is -0.120. The molecule has 42 valence electrons. The van der Waals surface area contributed by atoms with Gasteiger partial charge < -0.3 is 4.52 Å². The minimum absolute atomic E-state index is 0.195. The van der Waals surface area contributed by atoms with E-state index in [0.29, 0.717) is 0 Å². The van der Waals surface area contributed by atoms with Crippen molar-refractivity contribution < 1.29 is 13.9 Å². The van der Waals surface area contributed by atoms with Gasteiger partial charge in [-0.1, -0.05) is 0 Å². The quantitative estimate of drug-likeness (QED) is 0.400. The first-order valence-electron chi connectivity index (χ1n) is 1.73. The molecule has 0 saturated heterocycles. The molecule has 0 unspecified atom stereocenters. The highest BCUT2D eigenvalue weighted by Gasteiger charge is 2.03. The van der Waals surface area contributed by atoms with Crippen molar-refractivity contribution in [2.75, 3.05) is 13.3 Å². The molecule has 7 heavy (non-hydrogen) atoms. The largest absolute Gasteiger partial charge is 0.415 e. The highest BCUT2D eigenvalue weighted by atomic mass is 31.2. The predicted octanol–water partition coefficient (Wildman–Crippen LogP) is 0.697. The lowest BCUT2D eigenvalue weighted by atomic mass is 11.7. The maximum absolute atomic E-state index is 10.4. The molecule has 0 aliphatic carbocycles. The maximum Gasteiger partial charge on any atom is 0.298 e. The van der Waals surface area contributed by atoms with Crippen LogP contribution in [0, 0.1) is 0 Å². The van der Waals surface area contributed by atoms with Crippen LogP contribution < -0.4 is 0 Å². The summed E-state index contributed by atoms with van der Waals surface area (Å²) in [6.45, 7) is 2.95. The molecular formula is C3H7O3P. The van der Waals surface area contributed by atoms with E-state index in [0.717, 1.165) is 0 Å². The summed E-state index contributed by atoms with van der Waals surface area (Å²) in [6, 6.07) is 0. The molecule has 0 N–H and O–H groups in total. The lowest BCUT2D eigenvalue weighted by Crippen LogP contribution is -1.80. The van der Waals surface area contributed by atoms with Gasteiger partial charge in [-0.15, -0.1) is 0 Å². The van der Waals surface area contributed by atoms with Gasteiger partial charge in [-0.3, -0.25) is 9.36 Å². The van der Waals surface area contributed by atoms with Crippen LogP contribution in [0.2, 0.25) is 0 Å². The highest BCUT2D eigenvalue weighted by Crippen LogP contribution is 2.35. The van der Waals surface area contributed by atoms with Crippen molar-refractivity contribution in [3.63, 3.8) is 0 Å². The fourth-order valence-corrected chi connectivity index (χ4v) is 0.311. The molecule has 0 rings (SSSR count). The predicted molar refractivity (Wildman–Crippen MR) is 26.6 cm³/mol. The summed E-state index contributed by atoms with van der Waals surface area (Å²) in [7, 11) is -2.53. The molecule has 0 aliphatic heterocycles. The zero-order valence-electron chi connectivity index (χ0n) is 4.25. The third-order valence-electron chi connectivity index (χ3n) is 0.297. The van der Waals surface area contributed by atoms with Crippen LogP contribution in [0.3, 0.4) is 0 Å². The first kappa shape index (κ1) is 6.70. The van der Waals surface area contributed by atoms with Crippen LogP contribution in [0.1, 0.15) is 0 Å². The number of hydrogen-bond acceptors (Lipinski definition) is 3. The Morgan fingerprint density at radius 2 is 2.00 bits per heavy atom. The zero-order chi connectivity index (χ0) is 5.91. The van der Waals surface area contributed by atoms with Crippen LogP contribution in [0.15, 0.2) is 0 Å². The Balaban J connectivity index is 3.57. The third kappa shape index (κ3) is 5.70. The normalized spacial score (nSPS) is 10.6. The van der Waals surface area contributed by atoms with Gasteiger partial charge in [0.15, 0.2) is 0 Å². The molecule has 0 aromatic carbocycles. The molecule has 0 atom stereocenters. The highest BCUT2D eigenvalue weighted by molar-refractivity contribution is 7.57. The van der Waals surface area contributed by atoms with E-state index < -0.39 is 7.37 Å². The molecule has 0 heterocycles. The summed E-state index contributed by atoms with van der Waals surface area (Å²) in [5, 5.41) is 0. The van der Waals surface area contributed by atoms with E-state index in [2.05, 4.69) is 4.52 Å². The minimum atomic E-state index is -2.53. The van der Waals surface area contributed by atoms with Crippen molar-refractivity contribution in [1.29, 1.82) is 0 Å². The number of hydrogen-bond donors (Lipinski definition) is 0. The Labute approximate surface area is 42.1 Å². The Kier molecular flexibility index (Phi) is 2.03. The number of carbonyl (C=O) groups excluding carboxylic acids is 1. The van der Waals surface area contributed by atoms with Gasteiger partial charge in [0.05, 0.1) is 0 Å². The van der Waals surface area contributed by atoms with Crippen LogP contribution in [0.25, 0.3) is 0 Å². The van der Waals surface area contributed by atoms with Gasteiger partial charge in [0.1, 0.15) is 0 Å². The third-order valence-corrected chi connectivity index (χ3v) is 0.891. The Morgan fingerprint density at radius 3 is 2.00 bits per heavy atom. The Bertz CT molecular complexity index is 103. The van der Waals surface area contributed by atoms with Crippen molar-refractivity contribution in [3.8, 4) is 0 Å². The molecule has 0 aromatic heterocycles. The molecule has 4 heteroatoms. The molecule has 0 bridgehead atoms. The average Bonchev–Trinajstić information content (AvgIpc) is 1.30. The first-order chi connectivity index (χ1) is 3.06. The van der Waals surface area contributed by atoms with Crippen LogP contribution in [-0.4, -0.2) is 19.8 Å². The van der Waals surface area contributed by atoms with Crippen molar-refractivity contribution in [1.82, 2.24) is 0 Å². The fourth-order valence-electron chi connectivity index (χ4n) is 0.104. The zero-order valence-corrected chi connectivity index (χ0v) is 5.14. The maximum atomic E-state index is 10.4. The first-order valence-corrected chi connectivity index (χ1v) is 4.25. The monoisotopic (exact) mass is 122 g/mol. The smallest absolute Gasteiger partial charge is 0.298 e. The summed E-state index contributed by atoms with van der Waals surface area (Å²) < 4.78 is 14.5. The van der Waals surface area contributed by atoms with Crippen molar-refractivity contribution in [3.05, 3.63) is 0 Å². The summed E-state index contributed by atoms with van der Waals surface area (Å²) in [5.41, 5.74) is 0. The summed E-state index contributed by atoms with van der Waals surface area (Å²) in [4.78, 5) is 9.43. The molecule has 0 radical (unpaired) electrons. The summed E-state index contributed by atoms with van der Waals surface area (Å²) in [5.74, 6) is 0. The second-order valence-electron chi connectivity index (χ2n) is 1.45. The van der Waals surface area contributed by atoms with Gasteiger partial charge in [-0.25, -0.2) is 0 Å². The van der Waals surface area contributed by atoms with E-state index in [1.54, 1.807) is 0 Å². The van der Waals surface area contributed by atoms with E-state index >= 15 is 0 Å². The van der Waals surface area contributed by atoms with Crippen molar-refractivity contribution in [2.45, 2.75) is 0 Å². The van der Waals surface area contributed by atoms with Gasteiger partial charge >= 0.3 is 0 Å². The van der Waals surface area contributed by atoms with E-state index in [-0.39, 0.29) is 6.47 Å². The molecule has 0 aliphatic rings. The van der Waals surface area contributed by atoms with Gasteiger partial charge in [0.25, 0.3) is 6.47 Å². The summed E-state index contributed by atoms with van der Waals surface area (Å²) in [6.07, 6.45) is 0. The van der Waals surface area contributed by atoms with E-state index in [1.807, 2.05) is 0 Å². The van der Waals surface area contributed by atoms with Gasteiger partial charge in [-0.05, 0) is 0 Å². The molecule has 0 saturated carbocycles. The van der Waals surface area contributed by atoms with Crippen LogP contribution >= 0.6 is 7.37 Å². The second kappa shape index (κ2) is 2.12. The minimum Gasteiger partial charge on any atom is -0.415 e. The van der Waals surface area contributed by atoms with Crippen LogP contribution in [0.4, 0.5) is 0 Å². The Morgan fingerprint density at radius 1 is 1.57 bits per heavy atom. The average molecular weight is 122 g/mol. The van der Waals surface area contributed by atoms with Gasteiger partial charge in [0, 0.05) is 13.3 Å². The van der Waals surface area contributed by atoms with Gasteiger partial charge in [-0.2, -0.15) is 0 Å². The molecule has 0 fully saturated rings. The van der Waals surface area contributed by atoms with E-state index in [9.17, 15) is 9.36 Å². The fraction of sp³-hybridized carbons (Fsp3) is 0.667. The second-order valence-corrected chi connectivity index (χ2v) is 4.17. The van der Waals surface area contributed by atoms with Crippen LogP contribution in [-0.2, 0) is 13.9 Å².